The van der Waals surface area contributed by atoms with Gasteiger partial charge in [0.1, 0.15) is 5.82 Å². The second-order valence-electron chi connectivity index (χ2n) is 4.63. The zero-order chi connectivity index (χ0) is 15.0. The highest BCUT2D eigenvalue weighted by Crippen LogP contribution is 2.30. The molecule has 2 aromatic carbocycles. The van der Waals surface area contributed by atoms with Gasteiger partial charge in [-0.2, -0.15) is 0 Å². The number of nitrogens with one attached hydrogen (secondary N) is 2. The van der Waals surface area contributed by atoms with E-state index in [4.69, 9.17) is 16.0 Å². The average Bonchev–Trinajstić information content (AvgIpc) is 2.83. The van der Waals surface area contributed by atoms with Crippen molar-refractivity contribution >= 4 is 22.7 Å². The number of halogens is 2. The summed E-state index contributed by atoms with van der Waals surface area (Å²) in [6.07, 6.45) is 0. The lowest BCUT2D eigenvalue weighted by atomic mass is 9.98. The number of aromatic amines is 1. The number of aromatic nitrogens is 1. The summed E-state index contributed by atoms with van der Waals surface area (Å²) >= 11 is 6.04. The van der Waals surface area contributed by atoms with Crippen LogP contribution in [0.4, 0.5) is 4.39 Å². The lowest BCUT2D eigenvalue weighted by molar-refractivity contribution is 0.554. The standard InChI is InChI=1S/C15H12ClFN2O2/c1-18-14(9-3-2-4-10(17)13(9)16)8-5-6-11-12(7-8)21-15(20)19-11/h2-7,14,18H,1H3,(H,19,20). The molecule has 6 heteroatoms. The maximum absolute atomic E-state index is 13.6. The van der Waals surface area contributed by atoms with E-state index in [1.165, 1.54) is 6.07 Å². The normalized spacial score (nSPS) is 12.7. The second kappa shape index (κ2) is 5.35. The highest BCUT2D eigenvalue weighted by Gasteiger charge is 2.18. The van der Waals surface area contributed by atoms with Crippen molar-refractivity contribution < 1.29 is 8.81 Å². The van der Waals surface area contributed by atoms with E-state index in [-0.39, 0.29) is 11.1 Å². The predicted molar refractivity (Wildman–Crippen MR) is 79.1 cm³/mol. The minimum atomic E-state index is -0.507. The number of hydrogen-bond donors (Lipinski definition) is 2. The fourth-order valence-electron chi connectivity index (χ4n) is 2.39. The maximum atomic E-state index is 13.6. The van der Waals surface area contributed by atoms with Crippen LogP contribution in [0.5, 0.6) is 0 Å². The van der Waals surface area contributed by atoms with Crippen LogP contribution >= 0.6 is 11.6 Å². The predicted octanol–water partition coefficient (Wildman–Crippen LogP) is 3.22. The first-order valence-electron chi connectivity index (χ1n) is 6.34. The van der Waals surface area contributed by atoms with Crippen LogP contribution < -0.4 is 11.1 Å². The van der Waals surface area contributed by atoms with Gasteiger partial charge < -0.3 is 9.73 Å². The van der Waals surface area contributed by atoms with Gasteiger partial charge in [-0.25, -0.2) is 9.18 Å². The van der Waals surface area contributed by atoms with E-state index in [1.807, 2.05) is 6.07 Å². The molecule has 0 spiro atoms. The monoisotopic (exact) mass is 306 g/mol. The third-order valence-corrected chi connectivity index (χ3v) is 3.76. The largest absolute Gasteiger partial charge is 0.417 e. The van der Waals surface area contributed by atoms with Gasteiger partial charge in [0.05, 0.1) is 16.6 Å². The molecule has 3 aromatic rings. The fraction of sp³-hybridized carbons (Fsp3) is 0.133. The van der Waals surface area contributed by atoms with E-state index in [2.05, 4.69) is 10.3 Å². The van der Waals surface area contributed by atoms with Crippen molar-refractivity contribution in [3.63, 3.8) is 0 Å². The molecule has 0 saturated heterocycles. The van der Waals surface area contributed by atoms with Gasteiger partial charge in [0.25, 0.3) is 0 Å². The first-order chi connectivity index (χ1) is 10.1. The molecular weight excluding hydrogens is 295 g/mol. The van der Waals surface area contributed by atoms with E-state index < -0.39 is 11.6 Å². The van der Waals surface area contributed by atoms with E-state index >= 15 is 0 Å². The smallest absolute Gasteiger partial charge is 0.408 e. The van der Waals surface area contributed by atoms with Crippen LogP contribution in [0.15, 0.2) is 45.6 Å². The number of benzene rings is 2. The molecule has 0 aliphatic rings. The average molecular weight is 307 g/mol. The lowest BCUT2D eigenvalue weighted by Crippen LogP contribution is -2.18. The van der Waals surface area contributed by atoms with Gasteiger partial charge in [0.2, 0.25) is 0 Å². The molecule has 108 valence electrons. The van der Waals surface area contributed by atoms with Crippen LogP contribution in [0.3, 0.4) is 0 Å². The van der Waals surface area contributed by atoms with Gasteiger partial charge in [-0.3, -0.25) is 4.98 Å². The van der Waals surface area contributed by atoms with Crippen molar-refractivity contribution in [2.24, 2.45) is 0 Å². The molecule has 3 rings (SSSR count). The number of rotatable bonds is 3. The molecule has 4 nitrogen and oxygen atoms in total. The van der Waals surface area contributed by atoms with Gasteiger partial charge in [0, 0.05) is 0 Å². The molecule has 0 radical (unpaired) electrons. The SMILES string of the molecule is CNC(c1ccc2[nH]c(=O)oc2c1)c1cccc(F)c1Cl. The quantitative estimate of drug-likeness (QED) is 0.781. The van der Waals surface area contributed by atoms with E-state index in [0.29, 0.717) is 16.7 Å². The molecule has 0 amide bonds. The maximum Gasteiger partial charge on any atom is 0.417 e. The topological polar surface area (TPSA) is 58.0 Å². The summed E-state index contributed by atoms with van der Waals surface area (Å²) in [5.74, 6) is -0.976. The summed E-state index contributed by atoms with van der Waals surface area (Å²) in [6, 6.07) is 9.67. The summed E-state index contributed by atoms with van der Waals surface area (Å²) in [5, 5.41) is 3.17. The van der Waals surface area contributed by atoms with Crippen LogP contribution in [0, 0.1) is 5.82 Å². The summed E-state index contributed by atoms with van der Waals surface area (Å²) in [4.78, 5) is 13.8. The molecule has 1 heterocycles. The van der Waals surface area contributed by atoms with E-state index in [1.54, 1.807) is 31.3 Å². The first-order valence-corrected chi connectivity index (χ1v) is 6.72. The van der Waals surface area contributed by atoms with Crippen molar-refractivity contribution in [2.45, 2.75) is 6.04 Å². The number of fused-ring (bicyclic) bond motifs is 1. The second-order valence-corrected chi connectivity index (χ2v) is 5.01. The molecule has 21 heavy (non-hydrogen) atoms. The minimum Gasteiger partial charge on any atom is -0.408 e. The molecule has 0 fully saturated rings. The van der Waals surface area contributed by atoms with E-state index in [0.717, 1.165) is 5.56 Å². The van der Waals surface area contributed by atoms with Gasteiger partial charge in [0.15, 0.2) is 5.58 Å². The van der Waals surface area contributed by atoms with Gasteiger partial charge >= 0.3 is 5.76 Å². The molecule has 1 unspecified atom stereocenters. The zero-order valence-corrected chi connectivity index (χ0v) is 11.9. The first kappa shape index (κ1) is 13.9. The molecule has 0 aliphatic carbocycles. The Kier molecular flexibility index (Phi) is 3.53. The van der Waals surface area contributed by atoms with Gasteiger partial charge in [-0.05, 0) is 36.4 Å². The summed E-state index contributed by atoms with van der Waals surface area (Å²) in [7, 11) is 1.75. The third-order valence-electron chi connectivity index (χ3n) is 3.36. The van der Waals surface area contributed by atoms with Crippen LogP contribution in [0.25, 0.3) is 11.1 Å². The van der Waals surface area contributed by atoms with Crippen LogP contribution in [-0.2, 0) is 0 Å². The van der Waals surface area contributed by atoms with Crippen molar-refractivity contribution in [1.82, 2.24) is 10.3 Å². The number of H-pyrrole nitrogens is 1. The Labute approximate surface area is 124 Å². The minimum absolute atomic E-state index is 0.0764. The van der Waals surface area contributed by atoms with Crippen LogP contribution in [-0.4, -0.2) is 12.0 Å². The molecule has 2 N–H and O–H groups in total. The van der Waals surface area contributed by atoms with E-state index in [9.17, 15) is 9.18 Å². The fourth-order valence-corrected chi connectivity index (χ4v) is 2.62. The highest BCUT2D eigenvalue weighted by atomic mass is 35.5. The zero-order valence-electron chi connectivity index (χ0n) is 11.1. The van der Waals surface area contributed by atoms with Crippen LogP contribution in [0.1, 0.15) is 17.2 Å². The molecule has 1 atom stereocenters. The summed E-state index contributed by atoms with van der Waals surface area (Å²) < 4.78 is 18.7. The van der Waals surface area contributed by atoms with Gasteiger partial charge in [-0.15, -0.1) is 0 Å². The molecule has 1 aromatic heterocycles. The highest BCUT2D eigenvalue weighted by molar-refractivity contribution is 6.31. The third kappa shape index (κ3) is 2.46. The molecule has 0 aliphatic heterocycles. The molecular formula is C15H12ClFN2O2. The van der Waals surface area contributed by atoms with Crippen molar-refractivity contribution in [3.8, 4) is 0 Å². The van der Waals surface area contributed by atoms with Crippen molar-refractivity contribution in [1.29, 1.82) is 0 Å². The lowest BCUT2D eigenvalue weighted by Gasteiger charge is -2.18. The molecule has 0 saturated carbocycles. The number of hydrogen-bond acceptors (Lipinski definition) is 3. The van der Waals surface area contributed by atoms with Gasteiger partial charge in [-0.1, -0.05) is 29.8 Å². The molecule has 0 bridgehead atoms. The number of oxazole rings is 1. The Morgan fingerprint density at radius 3 is 2.90 bits per heavy atom. The Morgan fingerprint density at radius 2 is 2.14 bits per heavy atom. The summed E-state index contributed by atoms with van der Waals surface area (Å²) in [6.45, 7) is 0. The van der Waals surface area contributed by atoms with Crippen LogP contribution in [0.2, 0.25) is 5.02 Å². The van der Waals surface area contributed by atoms with Crippen molar-refractivity contribution in [3.05, 3.63) is 68.9 Å². The Morgan fingerprint density at radius 1 is 1.33 bits per heavy atom. The Bertz CT molecular complexity index is 856. The van der Waals surface area contributed by atoms with Crippen molar-refractivity contribution in [2.75, 3.05) is 7.05 Å². The Balaban J connectivity index is 2.13. The Hall–Kier alpha value is -2.11. The summed E-state index contributed by atoms with van der Waals surface area (Å²) in [5.41, 5.74) is 2.51.